The fourth-order valence-corrected chi connectivity index (χ4v) is 4.19. The summed E-state index contributed by atoms with van der Waals surface area (Å²) in [5.74, 6) is -0.447. The molecule has 0 bridgehead atoms. The molecule has 3 aromatic rings. The van der Waals surface area contributed by atoms with Crippen LogP contribution in [0.3, 0.4) is 0 Å². The van der Waals surface area contributed by atoms with Gasteiger partial charge in [0.15, 0.2) is 0 Å². The monoisotopic (exact) mass is 495 g/mol. The highest BCUT2D eigenvalue weighted by Crippen LogP contribution is 2.35. The molecule has 0 saturated heterocycles. The van der Waals surface area contributed by atoms with Crippen LogP contribution in [-0.2, 0) is 12.7 Å². The minimum Gasteiger partial charge on any atom is -0.390 e. The van der Waals surface area contributed by atoms with Crippen molar-refractivity contribution in [1.29, 1.82) is 0 Å². The Morgan fingerprint density at radius 2 is 2.03 bits per heavy atom. The molecular weight excluding hydrogens is 475 g/mol. The predicted molar refractivity (Wildman–Crippen MR) is 116 cm³/mol. The van der Waals surface area contributed by atoms with Gasteiger partial charge in [0.05, 0.1) is 34.8 Å². The van der Waals surface area contributed by atoms with Crippen molar-refractivity contribution in [1.82, 2.24) is 19.7 Å². The van der Waals surface area contributed by atoms with Gasteiger partial charge < -0.3 is 15.5 Å². The minimum atomic E-state index is -4.59. The van der Waals surface area contributed by atoms with Crippen LogP contribution in [0.15, 0.2) is 43.0 Å². The molecule has 1 saturated carbocycles. The van der Waals surface area contributed by atoms with Gasteiger partial charge in [-0.05, 0) is 36.1 Å². The second kappa shape index (κ2) is 9.32. The third kappa shape index (κ3) is 4.91. The molecule has 8 nitrogen and oxygen atoms in total. The molecule has 1 aromatic carbocycles. The lowest BCUT2D eigenvalue weighted by molar-refractivity contribution is -0.137. The Labute approximate surface area is 197 Å². The van der Waals surface area contributed by atoms with Crippen LogP contribution in [0.25, 0.3) is 0 Å². The molecular formula is C22H21ClF3N5O3. The van der Waals surface area contributed by atoms with Gasteiger partial charge in [0, 0.05) is 12.4 Å². The number of ketones is 1. The normalized spacial score (nSPS) is 22.7. The number of hydrogen-bond acceptors (Lipinski definition) is 7. The van der Waals surface area contributed by atoms with Crippen LogP contribution >= 0.6 is 11.6 Å². The molecule has 4 rings (SSSR count). The number of rotatable bonds is 6. The highest BCUT2D eigenvalue weighted by Gasteiger charge is 2.39. The van der Waals surface area contributed by atoms with Gasteiger partial charge in [-0.1, -0.05) is 24.6 Å². The van der Waals surface area contributed by atoms with E-state index in [-0.39, 0.29) is 29.5 Å². The number of benzene rings is 1. The van der Waals surface area contributed by atoms with Crippen LogP contribution in [0.5, 0.6) is 0 Å². The smallest absolute Gasteiger partial charge is 0.390 e. The lowest BCUT2D eigenvalue weighted by Gasteiger charge is -2.19. The van der Waals surface area contributed by atoms with E-state index in [9.17, 15) is 28.2 Å². The molecule has 2 aromatic heterocycles. The zero-order valence-electron chi connectivity index (χ0n) is 17.9. The first-order valence-electron chi connectivity index (χ1n) is 10.4. The summed E-state index contributed by atoms with van der Waals surface area (Å²) in [7, 11) is 0. The van der Waals surface area contributed by atoms with E-state index in [1.807, 2.05) is 6.92 Å². The lowest BCUT2D eigenvalue weighted by Crippen LogP contribution is -2.35. The molecule has 1 aliphatic rings. The molecule has 12 heteroatoms. The van der Waals surface area contributed by atoms with Crippen molar-refractivity contribution >= 4 is 23.2 Å². The number of nitrogens with one attached hydrogen (secondary N) is 1. The van der Waals surface area contributed by atoms with E-state index >= 15 is 0 Å². The predicted octanol–water partition coefficient (Wildman–Crippen LogP) is 3.17. The van der Waals surface area contributed by atoms with Crippen molar-refractivity contribution < 1.29 is 28.2 Å². The number of aromatic nitrogens is 4. The average molecular weight is 496 g/mol. The topological polar surface area (TPSA) is 113 Å². The zero-order chi connectivity index (χ0) is 24.6. The summed E-state index contributed by atoms with van der Waals surface area (Å²) in [5, 5.41) is 27.0. The second-order valence-corrected chi connectivity index (χ2v) is 8.68. The Kier molecular flexibility index (Phi) is 6.61. The van der Waals surface area contributed by atoms with Crippen LogP contribution in [0.4, 0.5) is 19.0 Å². The average Bonchev–Trinajstić information content (AvgIpc) is 3.35. The molecule has 0 unspecified atom stereocenters. The van der Waals surface area contributed by atoms with Crippen molar-refractivity contribution in [2.24, 2.45) is 5.92 Å². The number of carbonyl (C=O) groups is 1. The van der Waals surface area contributed by atoms with Crippen LogP contribution in [-0.4, -0.2) is 54.0 Å². The molecule has 1 aliphatic carbocycles. The maximum absolute atomic E-state index is 13.1. The molecule has 3 N–H and O–H groups in total. The molecule has 1 fully saturated rings. The van der Waals surface area contributed by atoms with E-state index in [2.05, 4.69) is 20.4 Å². The number of aliphatic hydroxyl groups is 2. The number of halogens is 4. The van der Waals surface area contributed by atoms with Crippen molar-refractivity contribution in [2.75, 3.05) is 5.32 Å². The summed E-state index contributed by atoms with van der Waals surface area (Å²) in [5.41, 5.74) is -0.476. The van der Waals surface area contributed by atoms with Gasteiger partial charge in [0.25, 0.3) is 0 Å². The molecule has 180 valence electrons. The van der Waals surface area contributed by atoms with Gasteiger partial charge in [-0.25, -0.2) is 9.97 Å². The maximum Gasteiger partial charge on any atom is 0.417 e. The maximum atomic E-state index is 13.1. The van der Waals surface area contributed by atoms with Gasteiger partial charge in [-0.2, -0.15) is 18.3 Å². The van der Waals surface area contributed by atoms with Crippen molar-refractivity contribution in [3.05, 3.63) is 70.4 Å². The largest absolute Gasteiger partial charge is 0.417 e. The SMILES string of the molecule is C[C@@H]1C[C@@H](Nc2ncncc2C(=O)c2ccn(Cc3ccc(Cl)c(C(F)(F)F)c3)n2)[C@H](O)[C@@H]1O. The second-order valence-electron chi connectivity index (χ2n) is 8.27. The van der Waals surface area contributed by atoms with Crippen molar-refractivity contribution in [2.45, 2.75) is 44.3 Å². The van der Waals surface area contributed by atoms with Gasteiger partial charge in [0.1, 0.15) is 23.9 Å². The minimum absolute atomic E-state index is 0.00598. The Morgan fingerprint density at radius 3 is 2.71 bits per heavy atom. The molecule has 0 spiro atoms. The zero-order valence-corrected chi connectivity index (χ0v) is 18.6. The van der Waals surface area contributed by atoms with Gasteiger partial charge in [-0.15, -0.1) is 0 Å². The molecule has 0 aliphatic heterocycles. The summed E-state index contributed by atoms with van der Waals surface area (Å²) in [6, 6.07) is 4.51. The standard InChI is InChI=1S/C22H21ClF3N5O3/c1-11-6-17(20(34)18(11)32)29-21-13(8-27-10-28-21)19(33)16-4-5-31(30-16)9-12-2-3-15(23)14(7-12)22(24,25)26/h2-5,7-8,10-11,17-18,20,32,34H,6,9H2,1H3,(H,27,28,29)/t11-,17-,18-,20+/m1/s1. The fourth-order valence-electron chi connectivity index (χ4n) is 3.97. The summed E-state index contributed by atoms with van der Waals surface area (Å²) >= 11 is 5.66. The van der Waals surface area contributed by atoms with Gasteiger partial charge in [0.2, 0.25) is 5.78 Å². The summed E-state index contributed by atoms with van der Waals surface area (Å²) in [4.78, 5) is 21.1. The molecule has 0 radical (unpaired) electrons. The number of alkyl halides is 3. The third-order valence-electron chi connectivity index (χ3n) is 5.80. The fraction of sp³-hybridized carbons (Fsp3) is 0.364. The van der Waals surface area contributed by atoms with Gasteiger partial charge in [-0.3, -0.25) is 9.48 Å². The van der Waals surface area contributed by atoms with E-state index in [4.69, 9.17) is 11.6 Å². The quantitative estimate of drug-likeness (QED) is 0.450. The lowest BCUT2D eigenvalue weighted by atomic mass is 10.1. The van der Waals surface area contributed by atoms with E-state index in [1.54, 1.807) is 0 Å². The van der Waals surface area contributed by atoms with Crippen LogP contribution < -0.4 is 5.32 Å². The summed E-state index contributed by atoms with van der Waals surface area (Å²) in [6.45, 7) is 1.81. The summed E-state index contributed by atoms with van der Waals surface area (Å²) < 4.78 is 40.7. The highest BCUT2D eigenvalue weighted by molar-refractivity contribution is 6.31. The highest BCUT2D eigenvalue weighted by atomic mass is 35.5. The number of carbonyl (C=O) groups excluding carboxylic acids is 1. The van der Waals surface area contributed by atoms with Crippen LogP contribution in [0.2, 0.25) is 5.02 Å². The Morgan fingerprint density at radius 1 is 1.26 bits per heavy atom. The van der Waals surface area contributed by atoms with E-state index in [0.717, 1.165) is 6.07 Å². The molecule has 0 amide bonds. The first kappa shape index (κ1) is 24.1. The Balaban J connectivity index is 1.53. The van der Waals surface area contributed by atoms with Crippen LogP contribution in [0, 0.1) is 5.92 Å². The number of nitrogens with zero attached hydrogens (tertiary/aromatic N) is 4. The molecule has 2 heterocycles. The Bertz CT molecular complexity index is 1200. The molecule has 34 heavy (non-hydrogen) atoms. The molecule has 4 atom stereocenters. The van der Waals surface area contributed by atoms with Crippen LogP contribution in [0.1, 0.15) is 40.5 Å². The third-order valence-corrected chi connectivity index (χ3v) is 6.13. The number of aliphatic hydroxyl groups excluding tert-OH is 2. The van der Waals surface area contributed by atoms with E-state index in [0.29, 0.717) is 12.0 Å². The first-order chi connectivity index (χ1) is 16.0. The van der Waals surface area contributed by atoms with Gasteiger partial charge >= 0.3 is 6.18 Å². The number of anilines is 1. The number of hydrogen-bond donors (Lipinski definition) is 3. The summed E-state index contributed by atoms with van der Waals surface area (Å²) in [6.07, 6.45) is -1.98. The van der Waals surface area contributed by atoms with Crippen molar-refractivity contribution in [3.63, 3.8) is 0 Å². The van der Waals surface area contributed by atoms with Crippen molar-refractivity contribution in [3.8, 4) is 0 Å². The van der Waals surface area contributed by atoms with E-state index < -0.39 is 40.8 Å². The van der Waals surface area contributed by atoms with E-state index in [1.165, 1.54) is 41.6 Å². The Hall–Kier alpha value is -3.02. The first-order valence-corrected chi connectivity index (χ1v) is 10.8.